The normalized spacial score (nSPS) is 19.2. The first-order valence-electron chi connectivity index (χ1n) is 21.6. The number of nitrogens with zero attached hydrogens (tertiary/aromatic N) is 1. The fourth-order valence-corrected chi connectivity index (χ4v) is 6.07. The Morgan fingerprint density at radius 2 is 1.54 bits per heavy atom. The summed E-state index contributed by atoms with van der Waals surface area (Å²) in [5, 5.41) is 10.1. The van der Waals surface area contributed by atoms with Crippen LogP contribution in [0.5, 0.6) is 11.5 Å². The van der Waals surface area contributed by atoms with Crippen molar-refractivity contribution in [3.8, 4) is 11.5 Å². The number of benzene rings is 1. The van der Waals surface area contributed by atoms with Gasteiger partial charge in [0.25, 0.3) is 0 Å². The number of carbonyl (C=O) groups is 6. The van der Waals surface area contributed by atoms with Crippen LogP contribution < -0.4 is 30.7 Å². The summed E-state index contributed by atoms with van der Waals surface area (Å²) >= 11 is 0. The number of ether oxygens (including phenoxy) is 10. The van der Waals surface area contributed by atoms with Crippen molar-refractivity contribution in [2.45, 2.75) is 123 Å². The molecule has 67 heavy (non-hydrogen) atoms. The van der Waals surface area contributed by atoms with E-state index in [1.807, 2.05) is 0 Å². The van der Waals surface area contributed by atoms with Gasteiger partial charge < -0.3 is 58.0 Å². The molecule has 2 heterocycles. The van der Waals surface area contributed by atoms with Gasteiger partial charge in [0, 0.05) is 19.5 Å². The zero-order chi connectivity index (χ0) is 50.0. The molecule has 2 aliphatic rings. The van der Waals surface area contributed by atoms with E-state index in [2.05, 4.69) is 39.4 Å². The maximum Gasteiger partial charge on any atom is 0.414 e. The number of carbonyl (C=O) groups excluding carboxylic acids is 6. The molecule has 0 aromatic heterocycles. The van der Waals surface area contributed by atoms with Gasteiger partial charge in [0.1, 0.15) is 30.5 Å². The van der Waals surface area contributed by atoms with E-state index in [1.165, 1.54) is 19.1 Å². The summed E-state index contributed by atoms with van der Waals surface area (Å²) in [5.74, 6) is -3.30. The van der Waals surface area contributed by atoms with Crippen LogP contribution >= 0.6 is 0 Å². The lowest BCUT2D eigenvalue weighted by atomic mass is 9.92. The lowest BCUT2D eigenvalue weighted by Crippen LogP contribution is -2.61. The molecule has 0 radical (unpaired) electrons. The van der Waals surface area contributed by atoms with Crippen LogP contribution in [0.25, 0.3) is 6.08 Å². The Morgan fingerprint density at radius 3 is 2.09 bits per heavy atom. The Labute approximate surface area is 390 Å². The third kappa shape index (κ3) is 19.8. The van der Waals surface area contributed by atoms with Gasteiger partial charge in [-0.05, 0) is 98.6 Å². The van der Waals surface area contributed by atoms with Gasteiger partial charge in [-0.25, -0.2) is 29.0 Å². The Bertz CT molecular complexity index is 1990. The molecule has 21 heteroatoms. The average Bonchev–Trinajstić information content (AvgIpc) is 3.58. The molecule has 4 amide bonds. The third-order valence-electron chi connectivity index (χ3n) is 8.56. The van der Waals surface area contributed by atoms with Crippen LogP contribution in [0.1, 0.15) is 81.2 Å². The number of alkyl carbamates (subject to hydrolysis) is 3. The van der Waals surface area contributed by atoms with Crippen molar-refractivity contribution in [2.24, 2.45) is 4.99 Å². The molecule has 0 saturated carbocycles. The van der Waals surface area contributed by atoms with Gasteiger partial charge in [-0.15, -0.1) is 0 Å². The molecular formula is C46H65N5O16. The highest BCUT2D eigenvalue weighted by atomic mass is 16.8. The predicted octanol–water partition coefficient (Wildman–Crippen LogP) is 5.13. The van der Waals surface area contributed by atoms with E-state index in [4.69, 9.17) is 47.4 Å². The molecule has 0 bridgehead atoms. The van der Waals surface area contributed by atoms with Crippen molar-refractivity contribution in [3.63, 3.8) is 0 Å². The minimum absolute atomic E-state index is 0.0240. The molecule has 0 spiro atoms. The smallest absolute Gasteiger partial charge is 0.414 e. The van der Waals surface area contributed by atoms with Gasteiger partial charge in [0.15, 0.2) is 29.5 Å². The van der Waals surface area contributed by atoms with Crippen molar-refractivity contribution in [1.82, 2.24) is 21.3 Å². The SMILES string of the molecule is C=CCOc1ccc(/C=C/C(=O)OCCCNC(=O)O[C@@H]([C@@H]2OC(C(=O)OCC)=C[C@H](N=C(NC(=O)OC(C)(C)C)NC(=O)OC(C)(C)C)[C@H]2NC(C)=O)[C@H]2COC(C)(C)O2)cc1OCC=C. The lowest BCUT2D eigenvalue weighted by molar-refractivity contribution is -0.170. The predicted molar refractivity (Wildman–Crippen MR) is 243 cm³/mol. The molecular weight excluding hydrogens is 879 g/mol. The molecule has 21 nitrogen and oxygen atoms in total. The zero-order valence-corrected chi connectivity index (χ0v) is 39.8. The van der Waals surface area contributed by atoms with Crippen LogP contribution in [0.4, 0.5) is 14.4 Å². The molecule has 4 N–H and O–H groups in total. The van der Waals surface area contributed by atoms with Crippen LogP contribution in [0.2, 0.25) is 0 Å². The number of hydrogen-bond acceptors (Lipinski definition) is 17. The Hall–Kier alpha value is -6.61. The first-order valence-corrected chi connectivity index (χ1v) is 21.6. The van der Waals surface area contributed by atoms with Crippen LogP contribution in [0.3, 0.4) is 0 Å². The molecule has 5 atom stereocenters. The van der Waals surface area contributed by atoms with Gasteiger partial charge >= 0.3 is 30.2 Å². The van der Waals surface area contributed by atoms with Crippen LogP contribution in [0, 0.1) is 0 Å². The summed E-state index contributed by atoms with van der Waals surface area (Å²) in [7, 11) is 0. The largest absolute Gasteiger partial charge is 0.486 e. The summed E-state index contributed by atoms with van der Waals surface area (Å²) < 4.78 is 56.7. The molecule has 0 unspecified atom stereocenters. The monoisotopic (exact) mass is 943 g/mol. The third-order valence-corrected chi connectivity index (χ3v) is 8.56. The minimum atomic E-state index is -1.46. The second-order valence-corrected chi connectivity index (χ2v) is 17.2. The molecule has 1 saturated heterocycles. The number of aliphatic imine (C=N–C) groups is 1. The van der Waals surface area contributed by atoms with Gasteiger partial charge in [-0.1, -0.05) is 31.4 Å². The highest BCUT2D eigenvalue weighted by molar-refractivity contribution is 6.01. The second-order valence-electron chi connectivity index (χ2n) is 17.2. The lowest BCUT2D eigenvalue weighted by Gasteiger charge is -2.40. The van der Waals surface area contributed by atoms with E-state index in [1.54, 1.807) is 98.7 Å². The molecule has 3 rings (SSSR count). The maximum atomic E-state index is 13.5. The van der Waals surface area contributed by atoms with Crippen LogP contribution in [0.15, 0.2) is 66.4 Å². The van der Waals surface area contributed by atoms with E-state index < -0.39 is 95.2 Å². The first-order chi connectivity index (χ1) is 31.4. The number of esters is 2. The minimum Gasteiger partial charge on any atom is -0.486 e. The Kier molecular flexibility index (Phi) is 20.7. The highest BCUT2D eigenvalue weighted by Crippen LogP contribution is 2.33. The van der Waals surface area contributed by atoms with Crippen LogP contribution in [-0.4, -0.2) is 129 Å². The second kappa shape index (κ2) is 25.3. The van der Waals surface area contributed by atoms with E-state index >= 15 is 0 Å². The topological polar surface area (TPSA) is 255 Å². The zero-order valence-electron chi connectivity index (χ0n) is 39.8. The summed E-state index contributed by atoms with van der Waals surface area (Å²) in [5.41, 5.74) is -1.29. The Morgan fingerprint density at radius 1 is 0.910 bits per heavy atom. The van der Waals surface area contributed by atoms with Crippen molar-refractivity contribution in [2.75, 3.05) is 39.6 Å². The number of hydrogen-bond donors (Lipinski definition) is 4. The average molecular weight is 944 g/mol. The first kappa shape index (κ1) is 54.7. The van der Waals surface area contributed by atoms with Crippen molar-refractivity contribution >= 4 is 48.2 Å². The standard InChI is InChI=1S/C46H65N5O16/c1-13-22-59-31-19-17-29(25-32(31)60-23-14-2)18-20-35(53)61-24-16-21-47-41(55)64-37(34-27-62-46(11,12)65-34)38-36(48-28(4)52)30(26-33(63-38)39(54)58-15-3)49-40(50-42(56)66-44(5,6)7)51-43(57)67-45(8,9)10/h13-14,17-20,25-26,30,34,36-38H,1-2,15-16,21-24,27H2,3-12H3,(H,47,55)(H,48,52)(H2,49,50,51,56,57)/b20-18+/t30-,34+,36+,37+,38+/m0/s1. The van der Waals surface area contributed by atoms with Gasteiger partial charge in [0.05, 0.1) is 31.9 Å². The number of amides is 4. The molecule has 1 fully saturated rings. The number of rotatable bonds is 19. The maximum absolute atomic E-state index is 13.5. The van der Waals surface area contributed by atoms with Crippen molar-refractivity contribution < 1.29 is 76.1 Å². The Balaban J connectivity index is 1.87. The molecule has 1 aromatic rings. The fourth-order valence-electron chi connectivity index (χ4n) is 6.07. The molecule has 1 aromatic carbocycles. The van der Waals surface area contributed by atoms with Crippen molar-refractivity contribution in [3.05, 3.63) is 67.0 Å². The van der Waals surface area contributed by atoms with E-state index in [-0.39, 0.29) is 46.0 Å². The fraction of sp³-hybridized carbons (Fsp3) is 0.543. The van der Waals surface area contributed by atoms with E-state index in [0.29, 0.717) is 17.1 Å². The summed E-state index contributed by atoms with van der Waals surface area (Å²) in [4.78, 5) is 82.9. The van der Waals surface area contributed by atoms with E-state index in [0.717, 1.165) is 0 Å². The van der Waals surface area contributed by atoms with Crippen LogP contribution in [-0.2, 0) is 52.3 Å². The van der Waals surface area contributed by atoms with Crippen molar-refractivity contribution in [1.29, 1.82) is 0 Å². The molecule has 370 valence electrons. The highest BCUT2D eigenvalue weighted by Gasteiger charge is 2.51. The summed E-state index contributed by atoms with van der Waals surface area (Å²) in [6, 6.07) is 2.49. The molecule has 0 aliphatic carbocycles. The molecule has 2 aliphatic heterocycles. The quantitative estimate of drug-likeness (QED) is 0.0267. The number of nitrogens with one attached hydrogen (secondary N) is 4. The van der Waals surface area contributed by atoms with Gasteiger partial charge in [-0.2, -0.15) is 0 Å². The van der Waals surface area contributed by atoms with Gasteiger partial charge in [0.2, 0.25) is 17.6 Å². The summed E-state index contributed by atoms with van der Waals surface area (Å²) in [6.45, 7) is 23.3. The summed E-state index contributed by atoms with van der Waals surface area (Å²) in [6.07, 6.45) is 0.389. The van der Waals surface area contributed by atoms with E-state index in [9.17, 15) is 28.8 Å². The number of guanidine groups is 1. The van der Waals surface area contributed by atoms with Gasteiger partial charge in [-0.3, -0.25) is 15.4 Å².